The third kappa shape index (κ3) is 6.43. The standard InChI is InChI=1S/C21H18BrN3O5S/c1-28-16-8-5-14(9-17(16)30-12-13-3-6-15(22)7-4-13)11-23-25-21-24-20(27)18(31-21)10-19(26)29-2/h3-11H,12H2,1-2H3,(H,24,25,27)/b18-10+,23-11?. The number of carbonyl (C=O) groups is 2. The lowest BCUT2D eigenvalue weighted by molar-refractivity contribution is -0.135. The van der Waals surface area contributed by atoms with E-state index in [9.17, 15) is 9.59 Å². The smallest absolute Gasteiger partial charge is 0.331 e. The summed E-state index contributed by atoms with van der Waals surface area (Å²) >= 11 is 4.41. The zero-order chi connectivity index (χ0) is 22.2. The molecule has 0 radical (unpaired) electrons. The molecule has 1 amide bonds. The van der Waals surface area contributed by atoms with Crippen molar-refractivity contribution in [1.29, 1.82) is 0 Å². The first-order valence-corrected chi connectivity index (χ1v) is 10.5. The number of benzene rings is 2. The van der Waals surface area contributed by atoms with Gasteiger partial charge in [-0.25, -0.2) is 4.79 Å². The third-order valence-electron chi connectivity index (χ3n) is 3.95. The second kappa shape index (κ2) is 10.8. The van der Waals surface area contributed by atoms with Crippen molar-refractivity contribution in [2.75, 3.05) is 14.2 Å². The van der Waals surface area contributed by atoms with Gasteiger partial charge in [-0.15, -0.1) is 5.10 Å². The van der Waals surface area contributed by atoms with Crippen molar-refractivity contribution in [2.24, 2.45) is 10.2 Å². The quantitative estimate of drug-likeness (QED) is 0.268. The first-order valence-electron chi connectivity index (χ1n) is 8.93. The number of hydrogen-bond acceptors (Lipinski definition) is 8. The second-order valence-electron chi connectivity index (χ2n) is 6.06. The SMILES string of the molecule is COC(=O)/C=C1/S/C(=N\N=Cc2ccc(OC)c(OCc3ccc(Br)cc3)c2)NC1=O. The van der Waals surface area contributed by atoms with Crippen molar-refractivity contribution in [3.05, 3.63) is 69.0 Å². The zero-order valence-electron chi connectivity index (χ0n) is 16.6. The molecule has 0 aliphatic carbocycles. The Labute approximate surface area is 191 Å². The summed E-state index contributed by atoms with van der Waals surface area (Å²) in [6, 6.07) is 13.2. The van der Waals surface area contributed by atoms with Gasteiger partial charge in [-0.3, -0.25) is 10.1 Å². The fourth-order valence-electron chi connectivity index (χ4n) is 2.42. The average molecular weight is 504 g/mol. The monoisotopic (exact) mass is 503 g/mol. The van der Waals surface area contributed by atoms with E-state index in [4.69, 9.17) is 9.47 Å². The van der Waals surface area contributed by atoms with Gasteiger partial charge in [0, 0.05) is 10.5 Å². The molecule has 1 heterocycles. The van der Waals surface area contributed by atoms with Crippen molar-refractivity contribution < 1.29 is 23.8 Å². The molecule has 0 aromatic heterocycles. The Hall–Kier alpha value is -3.11. The minimum Gasteiger partial charge on any atom is -0.493 e. The Morgan fingerprint density at radius 2 is 1.94 bits per heavy atom. The summed E-state index contributed by atoms with van der Waals surface area (Å²) < 4.78 is 16.8. The van der Waals surface area contributed by atoms with Gasteiger partial charge in [-0.1, -0.05) is 28.1 Å². The first-order chi connectivity index (χ1) is 15.0. The van der Waals surface area contributed by atoms with Gasteiger partial charge >= 0.3 is 5.97 Å². The summed E-state index contributed by atoms with van der Waals surface area (Å²) in [4.78, 5) is 23.3. The van der Waals surface area contributed by atoms with E-state index < -0.39 is 11.9 Å². The van der Waals surface area contributed by atoms with E-state index in [0.29, 0.717) is 18.1 Å². The van der Waals surface area contributed by atoms with E-state index in [-0.39, 0.29) is 10.1 Å². The maximum atomic E-state index is 11.8. The predicted molar refractivity (Wildman–Crippen MR) is 122 cm³/mol. The largest absolute Gasteiger partial charge is 0.493 e. The highest BCUT2D eigenvalue weighted by molar-refractivity contribution is 9.10. The van der Waals surface area contributed by atoms with Crippen molar-refractivity contribution in [1.82, 2.24) is 5.32 Å². The highest BCUT2D eigenvalue weighted by Crippen LogP contribution is 2.29. The van der Waals surface area contributed by atoms with E-state index in [1.54, 1.807) is 25.3 Å². The lowest BCUT2D eigenvalue weighted by Gasteiger charge is -2.11. The van der Waals surface area contributed by atoms with Crippen LogP contribution in [0.2, 0.25) is 0 Å². The molecule has 1 N–H and O–H groups in total. The topological polar surface area (TPSA) is 98.6 Å². The van der Waals surface area contributed by atoms with Crippen molar-refractivity contribution >= 4 is 51.0 Å². The van der Waals surface area contributed by atoms with Gasteiger partial charge < -0.3 is 14.2 Å². The summed E-state index contributed by atoms with van der Waals surface area (Å²) in [5.41, 5.74) is 1.75. The minimum absolute atomic E-state index is 0.189. The number of nitrogens with one attached hydrogen (secondary N) is 1. The Bertz CT molecular complexity index is 1070. The summed E-state index contributed by atoms with van der Waals surface area (Å²) in [7, 11) is 2.81. The van der Waals surface area contributed by atoms with E-state index in [0.717, 1.165) is 33.4 Å². The van der Waals surface area contributed by atoms with Gasteiger partial charge in [0.05, 0.1) is 25.3 Å². The number of carbonyl (C=O) groups excluding carboxylic acids is 2. The van der Waals surface area contributed by atoms with E-state index in [1.807, 2.05) is 24.3 Å². The average Bonchev–Trinajstić information content (AvgIpc) is 3.12. The van der Waals surface area contributed by atoms with Gasteiger partial charge in [0.15, 0.2) is 16.7 Å². The lowest BCUT2D eigenvalue weighted by Crippen LogP contribution is -2.19. The van der Waals surface area contributed by atoms with Crippen LogP contribution in [0.3, 0.4) is 0 Å². The highest BCUT2D eigenvalue weighted by Gasteiger charge is 2.25. The molecule has 1 fully saturated rings. The molecule has 2 aromatic rings. The second-order valence-corrected chi connectivity index (χ2v) is 8.01. The molecule has 3 rings (SSSR count). The molecule has 1 aliphatic heterocycles. The van der Waals surface area contributed by atoms with Gasteiger partial charge in [0.2, 0.25) is 0 Å². The molecule has 0 spiro atoms. The number of amides is 1. The van der Waals surface area contributed by atoms with Gasteiger partial charge in [0.1, 0.15) is 6.61 Å². The Morgan fingerprint density at radius 3 is 2.65 bits per heavy atom. The fraction of sp³-hybridized carbons (Fsp3) is 0.143. The number of methoxy groups -OCH3 is 2. The molecule has 0 atom stereocenters. The van der Waals surface area contributed by atoms with Gasteiger partial charge in [0.25, 0.3) is 5.91 Å². The van der Waals surface area contributed by atoms with Crippen LogP contribution in [0.1, 0.15) is 11.1 Å². The number of hydrogen-bond donors (Lipinski definition) is 1. The molecule has 0 saturated carbocycles. The molecule has 31 heavy (non-hydrogen) atoms. The van der Waals surface area contributed by atoms with Crippen LogP contribution in [0.15, 0.2) is 68.1 Å². The van der Waals surface area contributed by atoms with Crippen LogP contribution in [-0.2, 0) is 20.9 Å². The molecule has 0 unspecified atom stereocenters. The molecule has 1 aliphatic rings. The maximum Gasteiger partial charge on any atom is 0.331 e. The summed E-state index contributed by atoms with van der Waals surface area (Å²) in [5, 5.41) is 10.8. The zero-order valence-corrected chi connectivity index (χ0v) is 19.0. The molecule has 0 bridgehead atoms. The number of ether oxygens (including phenoxy) is 3. The Balaban J connectivity index is 1.68. The van der Waals surface area contributed by atoms with Gasteiger partial charge in [-0.05, 0) is 53.2 Å². The molecule has 2 aromatic carbocycles. The van der Waals surface area contributed by atoms with Crippen LogP contribution in [0.5, 0.6) is 11.5 Å². The van der Waals surface area contributed by atoms with E-state index in [1.165, 1.54) is 13.3 Å². The molecule has 1 saturated heterocycles. The highest BCUT2D eigenvalue weighted by atomic mass is 79.9. The van der Waals surface area contributed by atoms with Crippen LogP contribution in [-0.4, -0.2) is 37.5 Å². The predicted octanol–water partition coefficient (Wildman–Crippen LogP) is 3.65. The normalized spacial score (nSPS) is 16.0. The molecule has 160 valence electrons. The number of esters is 1. The van der Waals surface area contributed by atoms with Crippen molar-refractivity contribution in [3.8, 4) is 11.5 Å². The number of thioether (sulfide) groups is 1. The Kier molecular flexibility index (Phi) is 7.85. The summed E-state index contributed by atoms with van der Waals surface area (Å²) in [6.07, 6.45) is 2.62. The molecular formula is C21H18BrN3O5S. The number of nitrogens with zero attached hydrogens (tertiary/aromatic N) is 2. The van der Waals surface area contributed by atoms with Crippen LogP contribution in [0.25, 0.3) is 0 Å². The lowest BCUT2D eigenvalue weighted by atomic mass is 10.2. The van der Waals surface area contributed by atoms with Crippen molar-refractivity contribution in [2.45, 2.75) is 6.61 Å². The molecular weight excluding hydrogens is 486 g/mol. The molecule has 10 heteroatoms. The van der Waals surface area contributed by atoms with E-state index in [2.05, 4.69) is 36.2 Å². The summed E-state index contributed by atoms with van der Waals surface area (Å²) in [5.74, 6) is 0.111. The maximum absolute atomic E-state index is 11.8. The Morgan fingerprint density at radius 1 is 1.16 bits per heavy atom. The summed E-state index contributed by atoms with van der Waals surface area (Å²) in [6.45, 7) is 0.379. The van der Waals surface area contributed by atoms with Crippen LogP contribution < -0.4 is 14.8 Å². The van der Waals surface area contributed by atoms with Crippen LogP contribution in [0, 0.1) is 0 Å². The number of rotatable bonds is 7. The number of halogens is 1. The van der Waals surface area contributed by atoms with E-state index >= 15 is 0 Å². The minimum atomic E-state index is -0.615. The van der Waals surface area contributed by atoms with Gasteiger partial charge in [-0.2, -0.15) is 5.10 Å². The fourth-order valence-corrected chi connectivity index (χ4v) is 3.42. The third-order valence-corrected chi connectivity index (χ3v) is 5.38. The first kappa shape index (κ1) is 22.6. The van der Waals surface area contributed by atoms with Crippen molar-refractivity contribution in [3.63, 3.8) is 0 Å². The van der Waals surface area contributed by atoms with Crippen LogP contribution >= 0.6 is 27.7 Å². The molecule has 8 nitrogen and oxygen atoms in total. The van der Waals surface area contributed by atoms with Crippen LogP contribution in [0.4, 0.5) is 0 Å². The number of amidine groups is 1.